The summed E-state index contributed by atoms with van der Waals surface area (Å²) in [5.74, 6) is 0. The maximum atomic E-state index is 15.0. The van der Waals surface area contributed by atoms with Crippen LogP contribution < -0.4 is 4.67 Å². The minimum atomic E-state index is -3.00. The van der Waals surface area contributed by atoms with Gasteiger partial charge in [0.25, 0.3) is 0 Å². The van der Waals surface area contributed by atoms with Gasteiger partial charge in [-0.1, -0.05) is 84.6 Å². The number of carbonyl (C=O) groups is 1. The van der Waals surface area contributed by atoms with Gasteiger partial charge in [-0.25, -0.2) is 0 Å². The van der Waals surface area contributed by atoms with E-state index in [-0.39, 0.29) is 0 Å². The first-order valence-electron chi connectivity index (χ1n) is 10.5. The van der Waals surface area contributed by atoms with Gasteiger partial charge in [0.1, 0.15) is 6.29 Å². The lowest BCUT2D eigenvalue weighted by Gasteiger charge is -2.39. The van der Waals surface area contributed by atoms with E-state index in [1.807, 2.05) is 97.1 Å². The molecule has 1 aliphatic heterocycles. The third kappa shape index (κ3) is 4.04. The van der Waals surface area contributed by atoms with E-state index in [1.54, 1.807) is 11.8 Å². The Balaban J connectivity index is 1.70. The van der Waals surface area contributed by atoms with E-state index in [0.717, 1.165) is 38.6 Å². The molecule has 0 spiro atoms. The molecule has 0 bridgehead atoms. The first-order valence-corrected chi connectivity index (χ1v) is 13.3. The van der Waals surface area contributed by atoms with Crippen LogP contribution in [0, 0.1) is 0 Å². The van der Waals surface area contributed by atoms with Gasteiger partial charge in [0.15, 0.2) is 7.29 Å². The van der Waals surface area contributed by atoms with Crippen LogP contribution in [-0.2, 0) is 16.9 Å². The van der Waals surface area contributed by atoms with Crippen molar-refractivity contribution in [3.63, 3.8) is 0 Å². The summed E-state index contributed by atoms with van der Waals surface area (Å²) in [7, 11) is -3.00. The Morgan fingerprint density at radius 3 is 1.88 bits per heavy atom. The predicted octanol–water partition coefficient (Wildman–Crippen LogP) is 7.78. The van der Waals surface area contributed by atoms with Gasteiger partial charge in [-0.2, -0.15) is 0 Å². The first-order chi connectivity index (χ1) is 15.7. The molecule has 3 nitrogen and oxygen atoms in total. The van der Waals surface area contributed by atoms with Crippen LogP contribution in [-0.4, -0.2) is 6.29 Å². The van der Waals surface area contributed by atoms with Crippen molar-refractivity contribution >= 4 is 36.7 Å². The van der Waals surface area contributed by atoms with Gasteiger partial charge in [-0.15, -0.1) is 0 Å². The highest BCUT2D eigenvalue weighted by Gasteiger charge is 2.37. The number of nitrogens with zero attached hydrogens (tertiary/aromatic N) is 1. The molecule has 4 aromatic rings. The van der Waals surface area contributed by atoms with E-state index in [4.69, 9.17) is 0 Å². The first kappa shape index (κ1) is 20.8. The van der Waals surface area contributed by atoms with Crippen molar-refractivity contribution in [1.29, 1.82) is 0 Å². The fraction of sp³-hybridized carbons (Fsp3) is 0.0741. The van der Waals surface area contributed by atoms with E-state index in [0.29, 0.717) is 17.9 Å². The van der Waals surface area contributed by atoms with Crippen molar-refractivity contribution in [1.82, 2.24) is 0 Å². The molecule has 4 aromatic carbocycles. The van der Waals surface area contributed by atoms with Gasteiger partial charge >= 0.3 is 0 Å². The molecule has 0 aromatic heterocycles. The van der Waals surface area contributed by atoms with Crippen LogP contribution in [0.1, 0.15) is 21.5 Å². The molecular formula is C27H22NO2PS. The smallest absolute Gasteiger partial charge is 0.185 e. The highest BCUT2D eigenvalue weighted by molar-refractivity contribution is 7.99. The van der Waals surface area contributed by atoms with Crippen LogP contribution in [0.25, 0.3) is 0 Å². The van der Waals surface area contributed by atoms with E-state index in [2.05, 4.69) is 10.7 Å². The van der Waals surface area contributed by atoms with Gasteiger partial charge in [0, 0.05) is 27.7 Å². The predicted molar refractivity (Wildman–Crippen MR) is 132 cm³/mol. The minimum Gasteiger partial charge on any atom is -0.299 e. The Bertz CT molecular complexity index is 1260. The maximum absolute atomic E-state index is 15.0. The Kier molecular flexibility index (Phi) is 5.73. The summed E-state index contributed by atoms with van der Waals surface area (Å²) in [5.41, 5.74) is 4.58. The van der Waals surface area contributed by atoms with Crippen molar-refractivity contribution in [2.24, 2.45) is 0 Å². The third-order valence-corrected chi connectivity index (χ3v) is 9.56. The standard InChI is InChI=1S/C27H22NO2PS/c29-18-23-15-16-25-27(17-23)32-26-14-8-7-13-24(26)28(25)31(30,19-21-9-3-1-4-10-21)20-22-11-5-2-6-12-22/h1-18H,19-20H2. The van der Waals surface area contributed by atoms with Crippen LogP contribution >= 0.6 is 19.1 Å². The number of hydrogen-bond acceptors (Lipinski definition) is 3. The fourth-order valence-corrected chi connectivity index (χ4v) is 8.49. The van der Waals surface area contributed by atoms with E-state index in [9.17, 15) is 4.79 Å². The molecule has 0 unspecified atom stereocenters. The maximum Gasteiger partial charge on any atom is 0.185 e. The molecule has 0 amide bonds. The summed E-state index contributed by atoms with van der Waals surface area (Å²) in [4.78, 5) is 13.4. The Hall–Kier alpha value is -3.07. The van der Waals surface area contributed by atoms with E-state index >= 15 is 4.57 Å². The molecule has 0 fully saturated rings. The molecule has 0 N–H and O–H groups in total. The topological polar surface area (TPSA) is 37.4 Å². The summed E-state index contributed by atoms with van der Waals surface area (Å²) in [6, 6.07) is 33.8. The van der Waals surface area contributed by atoms with E-state index in [1.165, 1.54) is 0 Å². The zero-order valence-corrected chi connectivity index (χ0v) is 19.1. The largest absolute Gasteiger partial charge is 0.299 e. The molecule has 158 valence electrons. The van der Waals surface area contributed by atoms with Crippen molar-refractivity contribution in [2.75, 3.05) is 4.67 Å². The number of hydrogen-bond donors (Lipinski definition) is 0. The zero-order valence-electron chi connectivity index (χ0n) is 17.4. The monoisotopic (exact) mass is 455 g/mol. The van der Waals surface area contributed by atoms with Gasteiger partial charge in [-0.05, 0) is 41.5 Å². The molecule has 5 heteroatoms. The number of aldehydes is 1. The molecule has 1 aliphatic rings. The number of para-hydroxylation sites is 1. The van der Waals surface area contributed by atoms with Crippen LogP contribution in [0.15, 0.2) is 113 Å². The summed E-state index contributed by atoms with van der Waals surface area (Å²) in [6.45, 7) is 0. The molecule has 5 rings (SSSR count). The van der Waals surface area contributed by atoms with Gasteiger partial charge in [-0.3, -0.25) is 14.0 Å². The van der Waals surface area contributed by atoms with Crippen LogP contribution in [0.2, 0.25) is 0 Å². The second-order valence-corrected chi connectivity index (χ2v) is 11.7. The molecule has 1 heterocycles. The SMILES string of the molecule is O=Cc1ccc2c(c1)Sc1ccccc1N2P(=O)(Cc1ccccc1)Cc1ccccc1. The summed E-state index contributed by atoms with van der Waals surface area (Å²) >= 11 is 1.62. The lowest BCUT2D eigenvalue weighted by Crippen LogP contribution is -2.20. The molecule has 32 heavy (non-hydrogen) atoms. The molecule has 0 radical (unpaired) electrons. The molecule has 0 atom stereocenters. The van der Waals surface area contributed by atoms with Crippen LogP contribution in [0.3, 0.4) is 0 Å². The van der Waals surface area contributed by atoms with Crippen LogP contribution in [0.5, 0.6) is 0 Å². The zero-order chi connectivity index (χ0) is 22.0. The van der Waals surface area contributed by atoms with E-state index < -0.39 is 7.29 Å². The summed E-state index contributed by atoms with van der Waals surface area (Å²) in [6.07, 6.45) is 1.77. The number of benzene rings is 4. The Morgan fingerprint density at radius 1 is 0.688 bits per heavy atom. The third-order valence-electron chi connectivity index (χ3n) is 5.57. The molecule has 0 saturated carbocycles. The van der Waals surface area contributed by atoms with Crippen LogP contribution in [0.4, 0.5) is 11.4 Å². The number of anilines is 2. The number of carbonyl (C=O) groups excluding carboxylic acids is 1. The van der Waals surface area contributed by atoms with Crippen molar-refractivity contribution in [3.8, 4) is 0 Å². The van der Waals surface area contributed by atoms with Gasteiger partial charge < -0.3 is 0 Å². The lowest BCUT2D eigenvalue weighted by atomic mass is 10.2. The van der Waals surface area contributed by atoms with Crippen molar-refractivity contribution in [2.45, 2.75) is 22.1 Å². The second-order valence-electron chi connectivity index (χ2n) is 7.86. The number of rotatable bonds is 6. The van der Waals surface area contributed by atoms with Crippen molar-refractivity contribution < 1.29 is 9.36 Å². The average Bonchev–Trinajstić information content (AvgIpc) is 2.83. The molecule has 0 saturated heterocycles. The lowest BCUT2D eigenvalue weighted by molar-refractivity contribution is 0.112. The molecule has 0 aliphatic carbocycles. The Labute approximate surface area is 192 Å². The highest BCUT2D eigenvalue weighted by Crippen LogP contribution is 2.65. The normalized spacial score (nSPS) is 12.7. The van der Waals surface area contributed by atoms with Crippen molar-refractivity contribution in [3.05, 3.63) is 120 Å². The second kappa shape index (κ2) is 8.82. The minimum absolute atomic E-state index is 0.455. The van der Waals surface area contributed by atoms with Gasteiger partial charge in [0.2, 0.25) is 0 Å². The quantitative estimate of drug-likeness (QED) is 0.220. The summed E-state index contributed by atoms with van der Waals surface area (Å²) in [5, 5.41) is 0. The molecular weight excluding hydrogens is 433 g/mol. The number of fused-ring (bicyclic) bond motifs is 2. The fourth-order valence-electron chi connectivity index (χ4n) is 4.15. The van der Waals surface area contributed by atoms with Gasteiger partial charge in [0.05, 0.1) is 11.4 Å². The average molecular weight is 456 g/mol. The summed E-state index contributed by atoms with van der Waals surface area (Å²) < 4.78 is 17.1. The Morgan fingerprint density at radius 2 is 1.25 bits per heavy atom. The highest BCUT2D eigenvalue weighted by atomic mass is 32.2.